The highest BCUT2D eigenvalue weighted by Gasteiger charge is 2.42. The Morgan fingerprint density at radius 2 is 2.06 bits per heavy atom. The Labute approximate surface area is 103 Å². The molecule has 4 nitrogen and oxygen atoms in total. The maximum Gasteiger partial charge on any atom is 0.229 e. The number of aliphatic hydroxyl groups excluding tert-OH is 1. The van der Waals surface area contributed by atoms with Crippen LogP contribution >= 0.6 is 0 Å². The summed E-state index contributed by atoms with van der Waals surface area (Å²) in [4.78, 5) is 14.0. The van der Waals surface area contributed by atoms with Crippen LogP contribution in [0.5, 0.6) is 0 Å². The average Bonchev–Trinajstić information content (AvgIpc) is 2.52. The molecule has 4 heteroatoms. The van der Waals surface area contributed by atoms with Crippen molar-refractivity contribution in [2.24, 2.45) is 11.8 Å². The third kappa shape index (κ3) is 3.07. The second-order valence-corrected chi connectivity index (χ2v) is 4.73. The third-order valence-electron chi connectivity index (χ3n) is 3.56. The van der Waals surface area contributed by atoms with E-state index in [1.165, 1.54) is 0 Å². The first-order chi connectivity index (χ1) is 8.02. The summed E-state index contributed by atoms with van der Waals surface area (Å²) in [5.41, 5.74) is 0. The molecule has 0 aromatic heterocycles. The van der Waals surface area contributed by atoms with Crippen LogP contribution in [0.25, 0.3) is 0 Å². The molecular formula is C13H23NO3. The van der Waals surface area contributed by atoms with Gasteiger partial charge in [-0.2, -0.15) is 0 Å². The standard InChI is InChI=1S/C13H23NO3/c1-5-6-14(7-8-15)13(16)12-9(2)10(3)17-11(12)4/h5,9-12,15H,1,6-8H2,2-4H3. The van der Waals surface area contributed by atoms with Gasteiger partial charge in [-0.05, 0) is 19.8 Å². The van der Waals surface area contributed by atoms with Crippen molar-refractivity contribution in [2.45, 2.75) is 33.0 Å². The largest absolute Gasteiger partial charge is 0.395 e. The van der Waals surface area contributed by atoms with Crippen LogP contribution in [-0.2, 0) is 9.53 Å². The Hall–Kier alpha value is -0.870. The summed E-state index contributed by atoms with van der Waals surface area (Å²) in [7, 11) is 0. The monoisotopic (exact) mass is 241 g/mol. The minimum absolute atomic E-state index is 0.0223. The third-order valence-corrected chi connectivity index (χ3v) is 3.56. The van der Waals surface area contributed by atoms with Crippen LogP contribution < -0.4 is 0 Å². The number of hydrogen-bond donors (Lipinski definition) is 1. The lowest BCUT2D eigenvalue weighted by Crippen LogP contribution is -2.42. The van der Waals surface area contributed by atoms with Crippen molar-refractivity contribution in [3.8, 4) is 0 Å². The molecular weight excluding hydrogens is 218 g/mol. The topological polar surface area (TPSA) is 49.8 Å². The first-order valence-electron chi connectivity index (χ1n) is 6.19. The van der Waals surface area contributed by atoms with E-state index in [-0.39, 0.29) is 36.6 Å². The molecule has 4 unspecified atom stereocenters. The van der Waals surface area contributed by atoms with Gasteiger partial charge < -0.3 is 14.7 Å². The van der Waals surface area contributed by atoms with Crippen molar-refractivity contribution < 1.29 is 14.6 Å². The quantitative estimate of drug-likeness (QED) is 0.732. The lowest BCUT2D eigenvalue weighted by Gasteiger charge is -2.27. The fourth-order valence-electron chi connectivity index (χ4n) is 2.47. The molecule has 0 bridgehead atoms. The second-order valence-electron chi connectivity index (χ2n) is 4.73. The van der Waals surface area contributed by atoms with Gasteiger partial charge in [0.2, 0.25) is 5.91 Å². The van der Waals surface area contributed by atoms with Crippen LogP contribution in [0.1, 0.15) is 20.8 Å². The van der Waals surface area contributed by atoms with E-state index in [1.807, 2.05) is 20.8 Å². The zero-order chi connectivity index (χ0) is 13.0. The number of nitrogens with zero attached hydrogens (tertiary/aromatic N) is 1. The van der Waals surface area contributed by atoms with Crippen LogP contribution in [0.4, 0.5) is 0 Å². The van der Waals surface area contributed by atoms with Crippen molar-refractivity contribution in [2.75, 3.05) is 19.7 Å². The predicted molar refractivity (Wildman–Crippen MR) is 66.5 cm³/mol. The number of rotatable bonds is 5. The number of ether oxygens (including phenoxy) is 1. The van der Waals surface area contributed by atoms with Crippen molar-refractivity contribution in [1.82, 2.24) is 4.90 Å². The smallest absolute Gasteiger partial charge is 0.229 e. The Bertz CT molecular complexity index is 280. The molecule has 1 aliphatic rings. The summed E-state index contributed by atoms with van der Waals surface area (Å²) in [6, 6.07) is 0. The summed E-state index contributed by atoms with van der Waals surface area (Å²) >= 11 is 0. The SMILES string of the molecule is C=CCN(CCO)C(=O)C1C(C)OC(C)C1C. The van der Waals surface area contributed by atoms with E-state index in [0.29, 0.717) is 13.1 Å². The molecule has 1 amide bonds. The van der Waals surface area contributed by atoms with Crippen molar-refractivity contribution in [1.29, 1.82) is 0 Å². The van der Waals surface area contributed by atoms with Gasteiger partial charge in [-0.25, -0.2) is 0 Å². The first-order valence-corrected chi connectivity index (χ1v) is 6.19. The van der Waals surface area contributed by atoms with Gasteiger partial charge in [0.1, 0.15) is 0 Å². The van der Waals surface area contributed by atoms with Crippen molar-refractivity contribution >= 4 is 5.91 Å². The Morgan fingerprint density at radius 3 is 2.47 bits per heavy atom. The molecule has 1 heterocycles. The van der Waals surface area contributed by atoms with Crippen LogP contribution in [0.15, 0.2) is 12.7 Å². The van der Waals surface area contributed by atoms with Crippen LogP contribution in [0.2, 0.25) is 0 Å². The highest BCUT2D eigenvalue weighted by Crippen LogP contribution is 2.33. The summed E-state index contributed by atoms with van der Waals surface area (Å²) < 4.78 is 5.68. The molecule has 0 spiro atoms. The molecule has 1 N–H and O–H groups in total. The van der Waals surface area contributed by atoms with Gasteiger partial charge in [-0.15, -0.1) is 6.58 Å². The van der Waals surface area contributed by atoms with Gasteiger partial charge in [-0.3, -0.25) is 4.79 Å². The normalized spacial score (nSPS) is 32.5. The molecule has 0 radical (unpaired) electrons. The number of hydrogen-bond acceptors (Lipinski definition) is 3. The molecule has 0 aliphatic carbocycles. The van der Waals surface area contributed by atoms with Gasteiger partial charge >= 0.3 is 0 Å². The van der Waals surface area contributed by atoms with Gasteiger partial charge in [0.15, 0.2) is 0 Å². The molecule has 0 aromatic rings. The van der Waals surface area contributed by atoms with E-state index in [4.69, 9.17) is 9.84 Å². The number of carbonyl (C=O) groups excluding carboxylic acids is 1. The van der Waals surface area contributed by atoms with Crippen molar-refractivity contribution in [3.63, 3.8) is 0 Å². The fourth-order valence-corrected chi connectivity index (χ4v) is 2.47. The number of aliphatic hydroxyl groups is 1. The maximum absolute atomic E-state index is 12.4. The van der Waals surface area contributed by atoms with Crippen LogP contribution in [0, 0.1) is 11.8 Å². The Kier molecular flexibility index (Phi) is 5.15. The van der Waals surface area contributed by atoms with Crippen LogP contribution in [-0.4, -0.2) is 47.8 Å². The molecule has 1 fully saturated rings. The highest BCUT2D eigenvalue weighted by atomic mass is 16.5. The Balaban J connectivity index is 2.75. The van der Waals surface area contributed by atoms with Gasteiger partial charge in [-0.1, -0.05) is 13.0 Å². The first kappa shape index (κ1) is 14.2. The lowest BCUT2D eigenvalue weighted by molar-refractivity contribution is -0.137. The number of amides is 1. The Morgan fingerprint density at radius 1 is 1.41 bits per heavy atom. The summed E-state index contributed by atoms with van der Waals surface area (Å²) in [6.45, 7) is 10.4. The fraction of sp³-hybridized carbons (Fsp3) is 0.769. The summed E-state index contributed by atoms with van der Waals surface area (Å²) in [5, 5.41) is 8.98. The van der Waals surface area contributed by atoms with E-state index >= 15 is 0 Å². The van der Waals surface area contributed by atoms with E-state index in [1.54, 1.807) is 11.0 Å². The molecule has 98 valence electrons. The van der Waals surface area contributed by atoms with Gasteiger partial charge in [0, 0.05) is 13.1 Å². The maximum atomic E-state index is 12.4. The van der Waals surface area contributed by atoms with E-state index in [0.717, 1.165) is 0 Å². The highest BCUT2D eigenvalue weighted by molar-refractivity contribution is 5.80. The molecule has 0 aromatic carbocycles. The molecule has 1 rings (SSSR count). The minimum atomic E-state index is -0.114. The molecule has 17 heavy (non-hydrogen) atoms. The predicted octanol–water partition coefficient (Wildman–Crippen LogP) is 1.05. The van der Waals surface area contributed by atoms with Gasteiger partial charge in [0.05, 0.1) is 24.7 Å². The molecule has 1 saturated heterocycles. The molecule has 0 saturated carbocycles. The van der Waals surface area contributed by atoms with Gasteiger partial charge in [0.25, 0.3) is 0 Å². The minimum Gasteiger partial charge on any atom is -0.395 e. The van der Waals surface area contributed by atoms with E-state index in [9.17, 15) is 4.79 Å². The zero-order valence-electron chi connectivity index (χ0n) is 10.9. The van der Waals surface area contributed by atoms with Crippen LogP contribution in [0.3, 0.4) is 0 Å². The van der Waals surface area contributed by atoms with E-state index < -0.39 is 0 Å². The summed E-state index contributed by atoms with van der Waals surface area (Å²) in [6.07, 6.45) is 1.74. The summed E-state index contributed by atoms with van der Waals surface area (Å²) in [5.74, 6) is 0.156. The average molecular weight is 241 g/mol. The van der Waals surface area contributed by atoms with Crippen molar-refractivity contribution in [3.05, 3.63) is 12.7 Å². The zero-order valence-corrected chi connectivity index (χ0v) is 10.9. The lowest BCUT2D eigenvalue weighted by atomic mass is 9.88. The van der Waals surface area contributed by atoms with E-state index in [2.05, 4.69) is 6.58 Å². The second kappa shape index (κ2) is 6.17. The molecule has 4 atom stereocenters. The molecule has 1 aliphatic heterocycles. The number of carbonyl (C=O) groups is 1.